The van der Waals surface area contributed by atoms with Gasteiger partial charge in [-0.05, 0) is 49.7 Å². The lowest BCUT2D eigenvalue weighted by Crippen LogP contribution is -2.24. The predicted octanol–water partition coefficient (Wildman–Crippen LogP) is 2.94. The second-order valence-corrected chi connectivity index (χ2v) is 5.39. The van der Waals surface area contributed by atoms with Gasteiger partial charge in [0.15, 0.2) is 0 Å². The van der Waals surface area contributed by atoms with E-state index in [1.54, 1.807) is 11.5 Å². The Kier molecular flexibility index (Phi) is 4.29. The Morgan fingerprint density at radius 2 is 2.19 bits per heavy atom. The van der Waals surface area contributed by atoms with E-state index in [0.29, 0.717) is 6.04 Å². The Morgan fingerprint density at radius 1 is 1.38 bits per heavy atom. The standard InChI is InChI=1S/C12H21N3S/c1-3-5-10-12(16-15-14-10)11(9-6-7-9)13-8-4-2/h9,11,13H,3-8H2,1-2H3. The van der Waals surface area contributed by atoms with Gasteiger partial charge in [0.05, 0.1) is 10.6 Å². The van der Waals surface area contributed by atoms with Gasteiger partial charge in [-0.3, -0.25) is 0 Å². The first kappa shape index (κ1) is 12.0. The number of rotatable bonds is 7. The minimum Gasteiger partial charge on any atom is -0.309 e. The van der Waals surface area contributed by atoms with Crippen molar-refractivity contribution in [3.8, 4) is 0 Å². The highest BCUT2D eigenvalue weighted by molar-refractivity contribution is 7.05. The van der Waals surface area contributed by atoms with Crippen molar-refractivity contribution < 1.29 is 0 Å². The molecule has 1 atom stereocenters. The van der Waals surface area contributed by atoms with Gasteiger partial charge in [-0.1, -0.05) is 24.8 Å². The van der Waals surface area contributed by atoms with Gasteiger partial charge < -0.3 is 5.32 Å². The molecular weight excluding hydrogens is 218 g/mol. The zero-order chi connectivity index (χ0) is 11.4. The molecule has 1 aromatic rings. The summed E-state index contributed by atoms with van der Waals surface area (Å²) in [6, 6.07) is 0.529. The fourth-order valence-electron chi connectivity index (χ4n) is 2.06. The van der Waals surface area contributed by atoms with Gasteiger partial charge in [-0.15, -0.1) is 5.10 Å². The quantitative estimate of drug-likeness (QED) is 0.795. The summed E-state index contributed by atoms with van der Waals surface area (Å²) >= 11 is 1.59. The number of aryl methyl sites for hydroxylation is 1. The van der Waals surface area contributed by atoms with Gasteiger partial charge in [-0.25, -0.2) is 0 Å². The second-order valence-electron chi connectivity index (χ2n) is 4.60. The van der Waals surface area contributed by atoms with Crippen molar-refractivity contribution in [2.45, 2.75) is 52.0 Å². The van der Waals surface area contributed by atoms with Crippen LogP contribution in [-0.2, 0) is 6.42 Å². The Morgan fingerprint density at radius 3 is 2.81 bits per heavy atom. The van der Waals surface area contributed by atoms with Gasteiger partial charge >= 0.3 is 0 Å². The first-order chi connectivity index (χ1) is 7.86. The zero-order valence-corrected chi connectivity index (χ0v) is 11.0. The molecule has 1 heterocycles. The topological polar surface area (TPSA) is 37.8 Å². The fraction of sp³-hybridized carbons (Fsp3) is 0.833. The van der Waals surface area contributed by atoms with Crippen molar-refractivity contribution >= 4 is 11.5 Å². The normalized spacial score (nSPS) is 17.6. The highest BCUT2D eigenvalue weighted by Crippen LogP contribution is 2.42. The molecule has 1 saturated carbocycles. The van der Waals surface area contributed by atoms with E-state index in [4.69, 9.17) is 0 Å². The average Bonchev–Trinajstić information content (AvgIpc) is 3.02. The van der Waals surface area contributed by atoms with Crippen molar-refractivity contribution in [1.82, 2.24) is 14.9 Å². The van der Waals surface area contributed by atoms with Crippen LogP contribution in [0.5, 0.6) is 0 Å². The molecule has 0 saturated heterocycles. The Balaban J connectivity index is 2.07. The molecule has 16 heavy (non-hydrogen) atoms. The van der Waals surface area contributed by atoms with Crippen LogP contribution in [0.15, 0.2) is 0 Å². The van der Waals surface area contributed by atoms with E-state index in [1.165, 1.54) is 29.8 Å². The molecule has 0 radical (unpaired) electrons. The third-order valence-electron chi connectivity index (χ3n) is 3.06. The van der Waals surface area contributed by atoms with Crippen molar-refractivity contribution in [3.05, 3.63) is 10.6 Å². The van der Waals surface area contributed by atoms with Gasteiger partial charge in [0.1, 0.15) is 0 Å². The molecular formula is C12H21N3S. The van der Waals surface area contributed by atoms with Crippen LogP contribution >= 0.6 is 11.5 Å². The highest BCUT2D eigenvalue weighted by Gasteiger charge is 2.34. The molecule has 1 fully saturated rings. The summed E-state index contributed by atoms with van der Waals surface area (Å²) < 4.78 is 4.13. The Bertz CT molecular complexity index is 320. The molecule has 0 bridgehead atoms. The van der Waals surface area contributed by atoms with Gasteiger partial charge in [0, 0.05) is 6.04 Å². The minimum atomic E-state index is 0.529. The molecule has 0 amide bonds. The summed E-state index contributed by atoms with van der Waals surface area (Å²) in [5.41, 5.74) is 1.23. The molecule has 3 nitrogen and oxygen atoms in total. The van der Waals surface area contributed by atoms with Crippen LogP contribution in [0.2, 0.25) is 0 Å². The Labute approximate surface area is 102 Å². The summed E-state index contributed by atoms with van der Waals surface area (Å²) in [4.78, 5) is 1.40. The van der Waals surface area contributed by atoms with E-state index in [-0.39, 0.29) is 0 Å². The molecule has 1 aliphatic rings. The van der Waals surface area contributed by atoms with E-state index in [2.05, 4.69) is 28.8 Å². The smallest absolute Gasteiger partial charge is 0.0803 e. The van der Waals surface area contributed by atoms with Crippen LogP contribution in [-0.4, -0.2) is 16.1 Å². The van der Waals surface area contributed by atoms with Gasteiger partial charge in [0.2, 0.25) is 0 Å². The minimum absolute atomic E-state index is 0.529. The third kappa shape index (κ3) is 2.80. The van der Waals surface area contributed by atoms with Gasteiger partial charge in [0.25, 0.3) is 0 Å². The van der Waals surface area contributed by atoms with Gasteiger partial charge in [-0.2, -0.15) is 0 Å². The summed E-state index contributed by atoms with van der Waals surface area (Å²) in [5, 5.41) is 7.94. The summed E-state index contributed by atoms with van der Waals surface area (Å²) in [5.74, 6) is 0.837. The molecule has 2 rings (SSSR count). The summed E-state index contributed by atoms with van der Waals surface area (Å²) in [7, 11) is 0. The van der Waals surface area contributed by atoms with Crippen LogP contribution in [0.1, 0.15) is 56.1 Å². The molecule has 0 spiro atoms. The van der Waals surface area contributed by atoms with E-state index >= 15 is 0 Å². The maximum atomic E-state index is 4.27. The number of nitrogens with one attached hydrogen (secondary N) is 1. The van der Waals surface area contributed by atoms with E-state index in [9.17, 15) is 0 Å². The number of hydrogen-bond acceptors (Lipinski definition) is 4. The van der Waals surface area contributed by atoms with Crippen LogP contribution in [0.4, 0.5) is 0 Å². The van der Waals surface area contributed by atoms with Crippen LogP contribution in [0.25, 0.3) is 0 Å². The Hall–Kier alpha value is -0.480. The lowest BCUT2D eigenvalue weighted by molar-refractivity contribution is 0.484. The first-order valence-electron chi connectivity index (χ1n) is 6.41. The third-order valence-corrected chi connectivity index (χ3v) is 3.91. The number of nitrogens with zero attached hydrogens (tertiary/aromatic N) is 2. The van der Waals surface area contributed by atoms with Crippen molar-refractivity contribution in [1.29, 1.82) is 0 Å². The molecule has 0 aliphatic heterocycles. The van der Waals surface area contributed by atoms with Crippen molar-refractivity contribution in [2.24, 2.45) is 5.92 Å². The summed E-state index contributed by atoms with van der Waals surface area (Å²) in [6.07, 6.45) is 6.15. The lowest BCUT2D eigenvalue weighted by Gasteiger charge is -2.16. The molecule has 1 N–H and O–H groups in total. The molecule has 1 aliphatic carbocycles. The monoisotopic (exact) mass is 239 g/mol. The predicted molar refractivity (Wildman–Crippen MR) is 67.7 cm³/mol. The SMILES string of the molecule is CCCNC(c1snnc1CCC)C1CC1. The molecule has 0 aromatic carbocycles. The number of hydrogen-bond donors (Lipinski definition) is 1. The maximum Gasteiger partial charge on any atom is 0.0803 e. The van der Waals surface area contributed by atoms with Crippen LogP contribution in [0, 0.1) is 5.92 Å². The van der Waals surface area contributed by atoms with Crippen LogP contribution < -0.4 is 5.32 Å². The molecule has 1 aromatic heterocycles. The maximum absolute atomic E-state index is 4.27. The number of aromatic nitrogens is 2. The molecule has 90 valence electrons. The van der Waals surface area contributed by atoms with E-state index in [0.717, 1.165) is 25.3 Å². The second kappa shape index (κ2) is 5.73. The molecule has 1 unspecified atom stereocenters. The van der Waals surface area contributed by atoms with E-state index in [1.807, 2.05) is 0 Å². The van der Waals surface area contributed by atoms with Crippen molar-refractivity contribution in [3.63, 3.8) is 0 Å². The van der Waals surface area contributed by atoms with E-state index < -0.39 is 0 Å². The highest BCUT2D eigenvalue weighted by atomic mass is 32.1. The lowest BCUT2D eigenvalue weighted by atomic mass is 10.1. The van der Waals surface area contributed by atoms with Crippen molar-refractivity contribution in [2.75, 3.05) is 6.54 Å². The van der Waals surface area contributed by atoms with Crippen LogP contribution in [0.3, 0.4) is 0 Å². The summed E-state index contributed by atoms with van der Waals surface area (Å²) in [6.45, 7) is 5.52. The first-order valence-corrected chi connectivity index (χ1v) is 7.18. The average molecular weight is 239 g/mol. The largest absolute Gasteiger partial charge is 0.309 e. The molecule has 4 heteroatoms. The zero-order valence-electron chi connectivity index (χ0n) is 10.2. The fourth-order valence-corrected chi connectivity index (χ4v) is 2.93.